The summed E-state index contributed by atoms with van der Waals surface area (Å²) in [6.07, 6.45) is 6.70. The molecule has 7 heteroatoms. The summed E-state index contributed by atoms with van der Waals surface area (Å²) in [5.41, 5.74) is 3.14. The number of imidazole rings is 1. The molecule has 0 spiro atoms. The first-order chi connectivity index (χ1) is 11.3. The molecule has 0 saturated carbocycles. The standard InChI is InChI=1S/C16H21N7/c1-17-16(19-11-14-7-9-20-22(14)2)18-8-6-13-12-23-10-4-3-5-15(23)21-13/h3-5,7,9-10,12H,6,8,11H2,1-2H3,(H2,17,18,19). The third-order valence-corrected chi connectivity index (χ3v) is 3.67. The number of guanidine groups is 1. The van der Waals surface area contributed by atoms with Crippen LogP contribution in [0.25, 0.3) is 5.65 Å². The average molecular weight is 311 g/mol. The summed E-state index contributed by atoms with van der Waals surface area (Å²) in [5.74, 6) is 0.773. The molecule has 0 saturated heterocycles. The number of nitrogens with zero attached hydrogens (tertiary/aromatic N) is 5. The second-order valence-corrected chi connectivity index (χ2v) is 5.25. The Labute approximate surface area is 135 Å². The summed E-state index contributed by atoms with van der Waals surface area (Å²) in [6.45, 7) is 1.46. The lowest BCUT2D eigenvalue weighted by atomic mass is 10.3. The van der Waals surface area contributed by atoms with Crippen LogP contribution in [0.1, 0.15) is 11.4 Å². The fraction of sp³-hybridized carbons (Fsp3) is 0.312. The molecule has 0 aromatic carbocycles. The van der Waals surface area contributed by atoms with Crippen LogP contribution in [0.4, 0.5) is 0 Å². The fourth-order valence-electron chi connectivity index (χ4n) is 2.39. The average Bonchev–Trinajstić information content (AvgIpc) is 3.16. The number of fused-ring (bicyclic) bond motifs is 1. The molecule has 0 aliphatic rings. The highest BCUT2D eigenvalue weighted by atomic mass is 15.3. The normalized spacial score (nSPS) is 11.8. The van der Waals surface area contributed by atoms with Crippen molar-refractivity contribution in [3.05, 3.63) is 54.2 Å². The van der Waals surface area contributed by atoms with Gasteiger partial charge in [-0.1, -0.05) is 6.07 Å². The number of aliphatic imine (C=N–C) groups is 1. The van der Waals surface area contributed by atoms with Gasteiger partial charge in [0, 0.05) is 45.7 Å². The van der Waals surface area contributed by atoms with Crippen LogP contribution in [-0.2, 0) is 20.0 Å². The lowest BCUT2D eigenvalue weighted by Crippen LogP contribution is -2.38. The van der Waals surface area contributed by atoms with E-state index in [0.717, 1.165) is 36.0 Å². The molecule has 0 amide bonds. The molecule has 23 heavy (non-hydrogen) atoms. The van der Waals surface area contributed by atoms with Crippen molar-refractivity contribution in [2.75, 3.05) is 13.6 Å². The lowest BCUT2D eigenvalue weighted by Gasteiger charge is -2.11. The molecule has 0 aliphatic carbocycles. The Kier molecular flexibility index (Phi) is 4.56. The van der Waals surface area contributed by atoms with Crippen LogP contribution in [0.3, 0.4) is 0 Å². The Hall–Kier alpha value is -2.83. The highest BCUT2D eigenvalue weighted by Crippen LogP contribution is 2.04. The van der Waals surface area contributed by atoms with Gasteiger partial charge >= 0.3 is 0 Å². The summed E-state index contributed by atoms with van der Waals surface area (Å²) in [4.78, 5) is 8.81. The Morgan fingerprint density at radius 3 is 2.91 bits per heavy atom. The first kappa shape index (κ1) is 15.1. The zero-order chi connectivity index (χ0) is 16.1. The maximum atomic E-state index is 4.58. The quantitative estimate of drug-likeness (QED) is 0.544. The molecule has 2 N–H and O–H groups in total. The van der Waals surface area contributed by atoms with Gasteiger partial charge in [0.1, 0.15) is 5.65 Å². The monoisotopic (exact) mass is 311 g/mol. The van der Waals surface area contributed by atoms with Crippen molar-refractivity contribution in [3.8, 4) is 0 Å². The van der Waals surface area contributed by atoms with Gasteiger partial charge in [0.2, 0.25) is 0 Å². The van der Waals surface area contributed by atoms with Crippen LogP contribution in [0.2, 0.25) is 0 Å². The van der Waals surface area contributed by atoms with Crippen LogP contribution in [-0.4, -0.2) is 38.7 Å². The van der Waals surface area contributed by atoms with E-state index in [1.54, 1.807) is 13.2 Å². The number of nitrogens with one attached hydrogen (secondary N) is 2. The van der Waals surface area contributed by atoms with Crippen LogP contribution in [0, 0.1) is 0 Å². The molecule has 3 aromatic rings. The van der Waals surface area contributed by atoms with Crippen molar-refractivity contribution >= 4 is 11.6 Å². The predicted octanol–water partition coefficient (Wildman–Crippen LogP) is 0.975. The summed E-state index contributed by atoms with van der Waals surface area (Å²) in [6, 6.07) is 7.98. The minimum atomic E-state index is 0.685. The zero-order valence-corrected chi connectivity index (χ0v) is 13.4. The molecule has 3 rings (SSSR count). The van der Waals surface area contributed by atoms with Crippen LogP contribution in [0.15, 0.2) is 47.8 Å². The van der Waals surface area contributed by atoms with E-state index in [2.05, 4.69) is 31.9 Å². The van der Waals surface area contributed by atoms with Gasteiger partial charge in [-0.15, -0.1) is 0 Å². The van der Waals surface area contributed by atoms with Gasteiger partial charge in [0.25, 0.3) is 0 Å². The number of hydrogen-bond donors (Lipinski definition) is 2. The van der Waals surface area contributed by atoms with Gasteiger partial charge in [-0.25, -0.2) is 4.98 Å². The highest BCUT2D eigenvalue weighted by Gasteiger charge is 2.03. The van der Waals surface area contributed by atoms with Gasteiger partial charge in [-0.05, 0) is 18.2 Å². The lowest BCUT2D eigenvalue weighted by molar-refractivity contribution is 0.683. The summed E-state index contributed by atoms with van der Waals surface area (Å²) < 4.78 is 3.88. The largest absolute Gasteiger partial charge is 0.356 e. The van der Waals surface area contributed by atoms with Gasteiger partial charge in [0.15, 0.2) is 5.96 Å². The molecule has 0 atom stereocenters. The van der Waals surface area contributed by atoms with E-state index in [1.807, 2.05) is 46.6 Å². The van der Waals surface area contributed by atoms with E-state index in [-0.39, 0.29) is 0 Å². The molecular weight excluding hydrogens is 290 g/mol. The van der Waals surface area contributed by atoms with E-state index < -0.39 is 0 Å². The minimum absolute atomic E-state index is 0.685. The molecule has 0 aliphatic heterocycles. The maximum Gasteiger partial charge on any atom is 0.191 e. The van der Waals surface area contributed by atoms with Gasteiger partial charge in [-0.2, -0.15) is 5.10 Å². The van der Waals surface area contributed by atoms with Gasteiger partial charge in [0.05, 0.1) is 17.9 Å². The van der Waals surface area contributed by atoms with Crippen LogP contribution < -0.4 is 10.6 Å². The SMILES string of the molecule is CN=C(NCCc1cn2ccccc2n1)NCc1ccnn1C. The molecule has 7 nitrogen and oxygen atoms in total. The van der Waals surface area contributed by atoms with Crippen LogP contribution in [0.5, 0.6) is 0 Å². The van der Waals surface area contributed by atoms with Gasteiger partial charge < -0.3 is 15.0 Å². The first-order valence-corrected chi connectivity index (χ1v) is 7.60. The minimum Gasteiger partial charge on any atom is -0.356 e. The Bertz CT molecular complexity index is 766. The number of rotatable bonds is 5. The second kappa shape index (κ2) is 6.95. The van der Waals surface area contributed by atoms with E-state index in [1.165, 1.54) is 0 Å². The second-order valence-electron chi connectivity index (χ2n) is 5.25. The molecule has 0 fully saturated rings. The smallest absolute Gasteiger partial charge is 0.191 e. The topological polar surface area (TPSA) is 71.5 Å². The first-order valence-electron chi connectivity index (χ1n) is 7.60. The number of hydrogen-bond acceptors (Lipinski definition) is 3. The highest BCUT2D eigenvalue weighted by molar-refractivity contribution is 5.79. The molecule has 3 aromatic heterocycles. The third-order valence-electron chi connectivity index (χ3n) is 3.67. The predicted molar refractivity (Wildman–Crippen MR) is 90.3 cm³/mol. The van der Waals surface area contributed by atoms with Crippen molar-refractivity contribution in [2.45, 2.75) is 13.0 Å². The Morgan fingerprint density at radius 1 is 1.26 bits per heavy atom. The Morgan fingerprint density at radius 2 is 2.17 bits per heavy atom. The molecular formula is C16H21N7. The fourth-order valence-corrected chi connectivity index (χ4v) is 2.39. The number of aromatic nitrogens is 4. The van der Waals surface area contributed by atoms with E-state index in [9.17, 15) is 0 Å². The molecule has 0 bridgehead atoms. The van der Waals surface area contributed by atoms with Crippen molar-refractivity contribution in [3.63, 3.8) is 0 Å². The van der Waals surface area contributed by atoms with E-state index >= 15 is 0 Å². The summed E-state index contributed by atoms with van der Waals surface area (Å²) in [5, 5.41) is 10.7. The number of pyridine rings is 1. The third kappa shape index (κ3) is 3.68. The Balaban J connectivity index is 1.49. The van der Waals surface area contributed by atoms with Crippen LogP contribution >= 0.6 is 0 Å². The van der Waals surface area contributed by atoms with Crippen molar-refractivity contribution in [2.24, 2.45) is 12.0 Å². The zero-order valence-electron chi connectivity index (χ0n) is 13.4. The van der Waals surface area contributed by atoms with Crippen molar-refractivity contribution in [1.82, 2.24) is 29.8 Å². The molecule has 0 unspecified atom stereocenters. The van der Waals surface area contributed by atoms with E-state index in [4.69, 9.17) is 0 Å². The van der Waals surface area contributed by atoms with Gasteiger partial charge in [-0.3, -0.25) is 9.67 Å². The molecule has 3 heterocycles. The van der Waals surface area contributed by atoms with Crippen molar-refractivity contribution < 1.29 is 0 Å². The number of aryl methyl sites for hydroxylation is 1. The van der Waals surface area contributed by atoms with Crippen molar-refractivity contribution in [1.29, 1.82) is 0 Å². The molecule has 120 valence electrons. The summed E-state index contributed by atoms with van der Waals surface area (Å²) >= 11 is 0. The summed E-state index contributed by atoms with van der Waals surface area (Å²) in [7, 11) is 3.69. The maximum absolute atomic E-state index is 4.58. The van der Waals surface area contributed by atoms with E-state index in [0.29, 0.717) is 6.54 Å². The molecule has 0 radical (unpaired) electrons.